The Labute approximate surface area is 154 Å². The molecule has 0 unspecified atom stereocenters. The van der Waals surface area contributed by atoms with Crippen LogP contribution in [0.1, 0.15) is 22.4 Å². The Hall–Kier alpha value is -3.00. The Kier molecular flexibility index (Phi) is 4.04. The highest BCUT2D eigenvalue weighted by atomic mass is 15.0. The Morgan fingerprint density at radius 3 is 2.35 bits per heavy atom. The van der Waals surface area contributed by atoms with Gasteiger partial charge in [-0.1, -0.05) is 30.3 Å². The molecule has 0 fully saturated rings. The van der Waals surface area contributed by atoms with Gasteiger partial charge in [-0.3, -0.25) is 0 Å². The molecule has 2 aromatic carbocycles. The van der Waals surface area contributed by atoms with Gasteiger partial charge in [0.05, 0.1) is 11.2 Å². The molecule has 0 aliphatic carbocycles. The first kappa shape index (κ1) is 16.5. The van der Waals surface area contributed by atoms with E-state index in [1.165, 1.54) is 39.0 Å². The molecule has 0 bridgehead atoms. The average Bonchev–Trinajstić information content (AvgIpc) is 2.63. The van der Waals surface area contributed by atoms with Gasteiger partial charge in [-0.25, -0.2) is 4.98 Å². The second kappa shape index (κ2) is 6.38. The molecule has 0 amide bonds. The summed E-state index contributed by atoms with van der Waals surface area (Å²) >= 11 is 0. The zero-order valence-corrected chi connectivity index (χ0v) is 15.7. The SMILES string of the molecule is Cc1cc(C)c(-[n+]2ccccc2C)c(C)c1-c1ccc2ccccc2n1. The number of rotatable bonds is 2. The maximum Gasteiger partial charge on any atom is 0.217 e. The van der Waals surface area contributed by atoms with Gasteiger partial charge in [0.2, 0.25) is 5.69 Å². The van der Waals surface area contributed by atoms with Crippen LogP contribution in [0.4, 0.5) is 0 Å². The second-order valence-corrected chi connectivity index (χ2v) is 6.96. The van der Waals surface area contributed by atoms with E-state index in [1.54, 1.807) is 0 Å². The van der Waals surface area contributed by atoms with Gasteiger partial charge in [-0.15, -0.1) is 0 Å². The third-order valence-corrected chi connectivity index (χ3v) is 5.09. The van der Waals surface area contributed by atoms with Crippen molar-refractivity contribution in [2.24, 2.45) is 0 Å². The number of fused-ring (bicyclic) bond motifs is 1. The lowest BCUT2D eigenvalue weighted by atomic mass is 9.94. The van der Waals surface area contributed by atoms with E-state index in [9.17, 15) is 0 Å². The van der Waals surface area contributed by atoms with Crippen molar-refractivity contribution in [3.05, 3.63) is 89.2 Å². The molecule has 0 aliphatic heterocycles. The molecule has 2 heteroatoms. The molecule has 4 aromatic rings. The summed E-state index contributed by atoms with van der Waals surface area (Å²) in [5.41, 5.74) is 9.59. The van der Waals surface area contributed by atoms with Crippen LogP contribution in [0, 0.1) is 27.7 Å². The molecule has 0 spiro atoms. The van der Waals surface area contributed by atoms with Crippen LogP contribution in [-0.2, 0) is 0 Å². The fourth-order valence-corrected chi connectivity index (χ4v) is 3.92. The Bertz CT molecular complexity index is 1130. The summed E-state index contributed by atoms with van der Waals surface area (Å²) in [6.07, 6.45) is 2.14. The number of hydrogen-bond acceptors (Lipinski definition) is 1. The van der Waals surface area contributed by atoms with Crippen molar-refractivity contribution in [3.8, 4) is 16.9 Å². The van der Waals surface area contributed by atoms with Crippen molar-refractivity contribution in [3.63, 3.8) is 0 Å². The Balaban J connectivity index is 1.99. The first-order valence-electron chi connectivity index (χ1n) is 9.01. The largest absolute Gasteiger partial charge is 0.248 e. The topological polar surface area (TPSA) is 16.8 Å². The maximum absolute atomic E-state index is 4.94. The number of aromatic nitrogens is 2. The lowest BCUT2D eigenvalue weighted by Gasteiger charge is -2.14. The molecule has 128 valence electrons. The van der Waals surface area contributed by atoms with Gasteiger partial charge in [-0.05, 0) is 44.5 Å². The van der Waals surface area contributed by atoms with E-state index in [4.69, 9.17) is 4.98 Å². The molecular formula is C24H23N2+. The van der Waals surface area contributed by atoms with Gasteiger partial charge in [0.25, 0.3) is 0 Å². The van der Waals surface area contributed by atoms with E-state index in [0.717, 1.165) is 11.2 Å². The van der Waals surface area contributed by atoms with Crippen molar-refractivity contribution < 1.29 is 4.57 Å². The third-order valence-electron chi connectivity index (χ3n) is 5.09. The summed E-state index contributed by atoms with van der Waals surface area (Å²) in [5.74, 6) is 0. The van der Waals surface area contributed by atoms with Crippen LogP contribution >= 0.6 is 0 Å². The normalized spacial score (nSPS) is 11.1. The lowest BCUT2D eigenvalue weighted by Crippen LogP contribution is -2.35. The maximum atomic E-state index is 4.94. The molecule has 0 saturated heterocycles. The molecule has 0 aliphatic rings. The first-order chi connectivity index (χ1) is 12.6. The molecule has 0 saturated carbocycles. The van der Waals surface area contributed by atoms with Crippen LogP contribution < -0.4 is 4.57 Å². The van der Waals surface area contributed by atoms with Gasteiger partial charge in [-0.2, -0.15) is 4.57 Å². The highest BCUT2D eigenvalue weighted by Gasteiger charge is 2.21. The van der Waals surface area contributed by atoms with Crippen molar-refractivity contribution in [1.29, 1.82) is 0 Å². The molecule has 0 radical (unpaired) electrons. The average molecular weight is 339 g/mol. The summed E-state index contributed by atoms with van der Waals surface area (Å²) in [4.78, 5) is 4.94. The fraction of sp³-hybridized carbons (Fsp3) is 0.167. The molecule has 0 atom stereocenters. The van der Waals surface area contributed by atoms with Crippen molar-refractivity contribution in [2.75, 3.05) is 0 Å². The van der Waals surface area contributed by atoms with Gasteiger partial charge in [0.1, 0.15) is 0 Å². The van der Waals surface area contributed by atoms with Crippen LogP contribution in [0.15, 0.2) is 66.9 Å². The fourth-order valence-electron chi connectivity index (χ4n) is 3.92. The molecule has 0 N–H and O–H groups in total. The van der Waals surface area contributed by atoms with Gasteiger partial charge >= 0.3 is 0 Å². The summed E-state index contributed by atoms with van der Waals surface area (Å²) in [6.45, 7) is 8.72. The Morgan fingerprint density at radius 2 is 1.54 bits per heavy atom. The summed E-state index contributed by atoms with van der Waals surface area (Å²) in [6, 6.07) is 21.2. The number of benzene rings is 2. The zero-order chi connectivity index (χ0) is 18.3. The van der Waals surface area contributed by atoms with Gasteiger partial charge < -0.3 is 0 Å². The van der Waals surface area contributed by atoms with E-state index in [0.29, 0.717) is 0 Å². The van der Waals surface area contributed by atoms with Gasteiger partial charge in [0.15, 0.2) is 11.9 Å². The summed E-state index contributed by atoms with van der Waals surface area (Å²) in [7, 11) is 0. The van der Waals surface area contributed by atoms with E-state index in [2.05, 4.69) is 93.1 Å². The lowest BCUT2D eigenvalue weighted by molar-refractivity contribution is -0.603. The summed E-state index contributed by atoms with van der Waals surface area (Å²) in [5, 5.41) is 1.17. The van der Waals surface area contributed by atoms with Crippen LogP contribution in [0.25, 0.3) is 27.8 Å². The van der Waals surface area contributed by atoms with E-state index in [-0.39, 0.29) is 0 Å². The number of pyridine rings is 2. The standard InChI is InChI=1S/C24H23N2/c1-16-15-17(2)24(26-14-8-7-9-18(26)3)19(4)23(16)22-13-12-20-10-5-6-11-21(20)25-22/h5-15H,1-4H3/q+1. The monoisotopic (exact) mass is 339 g/mol. The van der Waals surface area contributed by atoms with Gasteiger partial charge in [0, 0.05) is 41.1 Å². The van der Waals surface area contributed by atoms with Crippen LogP contribution in [0.5, 0.6) is 0 Å². The predicted molar refractivity (Wildman–Crippen MR) is 108 cm³/mol. The quantitative estimate of drug-likeness (QED) is 0.446. The van der Waals surface area contributed by atoms with E-state index < -0.39 is 0 Å². The van der Waals surface area contributed by atoms with Crippen LogP contribution in [0.3, 0.4) is 0 Å². The Morgan fingerprint density at radius 1 is 0.769 bits per heavy atom. The minimum Gasteiger partial charge on any atom is -0.248 e. The third kappa shape index (κ3) is 2.68. The summed E-state index contributed by atoms with van der Waals surface area (Å²) < 4.78 is 2.27. The number of nitrogens with zero attached hydrogens (tertiary/aromatic N) is 2. The molecule has 2 heterocycles. The molecule has 2 aromatic heterocycles. The molecule has 4 rings (SSSR count). The number of hydrogen-bond donors (Lipinski definition) is 0. The van der Waals surface area contributed by atoms with Crippen LogP contribution in [-0.4, -0.2) is 4.98 Å². The van der Waals surface area contributed by atoms with E-state index in [1.807, 2.05) is 6.07 Å². The molecule has 26 heavy (non-hydrogen) atoms. The van der Waals surface area contributed by atoms with Crippen LogP contribution in [0.2, 0.25) is 0 Å². The minimum atomic E-state index is 1.04. The van der Waals surface area contributed by atoms with Crippen molar-refractivity contribution >= 4 is 10.9 Å². The van der Waals surface area contributed by atoms with Crippen molar-refractivity contribution in [2.45, 2.75) is 27.7 Å². The highest BCUT2D eigenvalue weighted by Crippen LogP contribution is 2.31. The predicted octanol–water partition coefficient (Wildman–Crippen LogP) is 5.41. The smallest absolute Gasteiger partial charge is 0.217 e. The van der Waals surface area contributed by atoms with E-state index >= 15 is 0 Å². The highest BCUT2D eigenvalue weighted by molar-refractivity contribution is 5.83. The number of para-hydroxylation sites is 1. The molecular weight excluding hydrogens is 316 g/mol. The second-order valence-electron chi connectivity index (χ2n) is 6.96. The first-order valence-corrected chi connectivity index (χ1v) is 9.01. The molecule has 2 nitrogen and oxygen atoms in total. The zero-order valence-electron chi connectivity index (χ0n) is 15.7. The number of aryl methyl sites for hydroxylation is 3. The minimum absolute atomic E-state index is 1.04. The van der Waals surface area contributed by atoms with Crippen molar-refractivity contribution in [1.82, 2.24) is 4.98 Å².